The van der Waals surface area contributed by atoms with Crippen molar-refractivity contribution in [2.75, 3.05) is 25.1 Å². The highest BCUT2D eigenvalue weighted by Crippen LogP contribution is 2.31. The van der Waals surface area contributed by atoms with Gasteiger partial charge >= 0.3 is 12.1 Å². The summed E-state index contributed by atoms with van der Waals surface area (Å²) in [5.74, 6) is -1.16. The first-order valence-electron chi connectivity index (χ1n) is 8.27. The Bertz CT molecular complexity index is 823. The van der Waals surface area contributed by atoms with Gasteiger partial charge in [-0.1, -0.05) is 18.2 Å². The van der Waals surface area contributed by atoms with E-state index in [-0.39, 0.29) is 5.75 Å². The summed E-state index contributed by atoms with van der Waals surface area (Å²) in [6, 6.07) is 10.8. The quantitative estimate of drug-likeness (QED) is 0.688. The SMILES string of the molecule is CCOc1ccccc1NC(=O)COC(=O)COc1cccc(C(F)(F)F)c1. The van der Waals surface area contributed by atoms with E-state index < -0.39 is 36.8 Å². The number of hydrogen-bond donors (Lipinski definition) is 1. The van der Waals surface area contributed by atoms with Crippen LogP contribution in [0, 0.1) is 0 Å². The van der Waals surface area contributed by atoms with Gasteiger partial charge in [0.05, 0.1) is 17.9 Å². The summed E-state index contributed by atoms with van der Waals surface area (Å²) in [5, 5.41) is 2.54. The molecule has 0 aliphatic heterocycles. The number of halogens is 3. The maximum absolute atomic E-state index is 12.6. The molecule has 150 valence electrons. The molecule has 0 radical (unpaired) electrons. The molecule has 1 N–H and O–H groups in total. The van der Waals surface area contributed by atoms with E-state index >= 15 is 0 Å². The zero-order valence-electron chi connectivity index (χ0n) is 14.9. The number of amides is 1. The molecule has 0 heterocycles. The number of benzene rings is 2. The standard InChI is InChI=1S/C19H18F3NO5/c1-2-26-16-9-4-3-8-15(16)23-17(24)11-28-18(25)12-27-14-7-5-6-13(10-14)19(20,21)22/h3-10H,2,11-12H2,1H3,(H,23,24). The van der Waals surface area contributed by atoms with Gasteiger partial charge in [-0.25, -0.2) is 4.79 Å². The van der Waals surface area contributed by atoms with Crippen LogP contribution in [0.15, 0.2) is 48.5 Å². The van der Waals surface area contributed by atoms with Crippen molar-refractivity contribution in [1.29, 1.82) is 0 Å². The highest BCUT2D eigenvalue weighted by molar-refractivity contribution is 5.94. The van der Waals surface area contributed by atoms with Crippen LogP contribution in [-0.4, -0.2) is 31.7 Å². The molecule has 9 heteroatoms. The molecule has 0 aliphatic rings. The highest BCUT2D eigenvalue weighted by Gasteiger charge is 2.30. The molecule has 0 aliphatic carbocycles. The number of nitrogens with one attached hydrogen (secondary N) is 1. The molecule has 0 unspecified atom stereocenters. The normalized spacial score (nSPS) is 10.9. The van der Waals surface area contributed by atoms with Crippen molar-refractivity contribution in [3.05, 3.63) is 54.1 Å². The number of esters is 1. The Morgan fingerprint density at radius 1 is 1.00 bits per heavy atom. The van der Waals surface area contributed by atoms with Crippen LogP contribution in [0.2, 0.25) is 0 Å². The van der Waals surface area contributed by atoms with Crippen molar-refractivity contribution in [2.24, 2.45) is 0 Å². The van der Waals surface area contributed by atoms with Crippen molar-refractivity contribution in [3.63, 3.8) is 0 Å². The fraction of sp³-hybridized carbons (Fsp3) is 0.263. The van der Waals surface area contributed by atoms with E-state index in [4.69, 9.17) is 14.2 Å². The summed E-state index contributed by atoms with van der Waals surface area (Å²) < 4.78 is 53.0. The molecule has 2 aromatic rings. The minimum atomic E-state index is -4.52. The van der Waals surface area contributed by atoms with Crippen LogP contribution in [0.1, 0.15) is 12.5 Å². The van der Waals surface area contributed by atoms with Gasteiger partial charge in [-0.2, -0.15) is 13.2 Å². The summed E-state index contributed by atoms with van der Waals surface area (Å²) in [6.45, 7) is 0.995. The molecule has 0 bridgehead atoms. The van der Waals surface area contributed by atoms with Crippen LogP contribution in [0.3, 0.4) is 0 Å². The third-order valence-electron chi connectivity index (χ3n) is 3.34. The predicted molar refractivity (Wildman–Crippen MR) is 94.1 cm³/mol. The number of hydrogen-bond acceptors (Lipinski definition) is 5. The van der Waals surface area contributed by atoms with E-state index in [1.54, 1.807) is 31.2 Å². The highest BCUT2D eigenvalue weighted by atomic mass is 19.4. The molecule has 1 amide bonds. The molecule has 0 aromatic heterocycles. The largest absolute Gasteiger partial charge is 0.492 e. The zero-order chi connectivity index (χ0) is 20.6. The number of carbonyl (C=O) groups excluding carboxylic acids is 2. The van der Waals surface area contributed by atoms with E-state index in [2.05, 4.69) is 5.32 Å². The topological polar surface area (TPSA) is 73.9 Å². The van der Waals surface area contributed by atoms with Crippen LogP contribution < -0.4 is 14.8 Å². The van der Waals surface area contributed by atoms with E-state index in [0.29, 0.717) is 18.0 Å². The van der Waals surface area contributed by atoms with Crippen molar-refractivity contribution in [3.8, 4) is 11.5 Å². The average molecular weight is 397 g/mol. The molecular formula is C19H18F3NO5. The van der Waals surface area contributed by atoms with Gasteiger partial charge in [0.1, 0.15) is 11.5 Å². The first-order chi connectivity index (χ1) is 13.3. The van der Waals surface area contributed by atoms with E-state index in [1.165, 1.54) is 6.07 Å². The molecule has 2 aromatic carbocycles. The Kier molecular flexibility index (Phi) is 7.25. The van der Waals surface area contributed by atoms with Crippen LogP contribution >= 0.6 is 0 Å². The van der Waals surface area contributed by atoms with Crippen molar-refractivity contribution in [2.45, 2.75) is 13.1 Å². The third-order valence-corrected chi connectivity index (χ3v) is 3.34. The monoisotopic (exact) mass is 397 g/mol. The molecule has 0 fully saturated rings. The number of anilines is 1. The maximum atomic E-state index is 12.6. The average Bonchev–Trinajstić information content (AvgIpc) is 2.66. The molecule has 0 saturated heterocycles. The number of ether oxygens (including phenoxy) is 3. The second-order valence-corrected chi connectivity index (χ2v) is 5.45. The third kappa shape index (κ3) is 6.49. The van der Waals surface area contributed by atoms with Crippen LogP contribution in [0.25, 0.3) is 0 Å². The fourth-order valence-corrected chi connectivity index (χ4v) is 2.13. The van der Waals surface area contributed by atoms with Gasteiger partial charge in [-0.05, 0) is 37.3 Å². The molecule has 0 atom stereocenters. The maximum Gasteiger partial charge on any atom is 0.416 e. The van der Waals surface area contributed by atoms with Gasteiger partial charge in [-0.3, -0.25) is 4.79 Å². The second kappa shape index (κ2) is 9.63. The summed E-state index contributed by atoms with van der Waals surface area (Å²) in [4.78, 5) is 23.5. The lowest BCUT2D eigenvalue weighted by molar-refractivity contribution is -0.149. The summed E-state index contributed by atoms with van der Waals surface area (Å²) >= 11 is 0. The molecular weight excluding hydrogens is 379 g/mol. The Morgan fingerprint density at radius 3 is 2.46 bits per heavy atom. The number of carbonyl (C=O) groups is 2. The Morgan fingerprint density at radius 2 is 1.75 bits per heavy atom. The summed E-state index contributed by atoms with van der Waals surface area (Å²) in [7, 11) is 0. The van der Waals surface area contributed by atoms with Gasteiger partial charge in [0.2, 0.25) is 0 Å². The van der Waals surface area contributed by atoms with Crippen molar-refractivity contribution in [1.82, 2.24) is 0 Å². The molecule has 0 spiro atoms. The molecule has 6 nitrogen and oxygen atoms in total. The van der Waals surface area contributed by atoms with Crippen LogP contribution in [-0.2, 0) is 20.5 Å². The lowest BCUT2D eigenvalue weighted by Gasteiger charge is -2.12. The number of alkyl halides is 3. The van der Waals surface area contributed by atoms with Gasteiger partial charge < -0.3 is 19.5 Å². The van der Waals surface area contributed by atoms with E-state index in [9.17, 15) is 22.8 Å². The Hall–Kier alpha value is -3.23. The van der Waals surface area contributed by atoms with Crippen LogP contribution in [0.5, 0.6) is 11.5 Å². The van der Waals surface area contributed by atoms with Crippen LogP contribution in [0.4, 0.5) is 18.9 Å². The van der Waals surface area contributed by atoms with E-state index in [1.807, 2.05) is 0 Å². The van der Waals surface area contributed by atoms with Gasteiger partial charge in [0.25, 0.3) is 5.91 Å². The first kappa shape index (κ1) is 21.1. The lowest BCUT2D eigenvalue weighted by Crippen LogP contribution is -2.24. The lowest BCUT2D eigenvalue weighted by atomic mass is 10.2. The predicted octanol–water partition coefficient (Wildman–Crippen LogP) is 3.66. The molecule has 0 saturated carbocycles. The van der Waals surface area contributed by atoms with Gasteiger partial charge in [0.15, 0.2) is 13.2 Å². The zero-order valence-corrected chi connectivity index (χ0v) is 14.9. The second-order valence-electron chi connectivity index (χ2n) is 5.45. The van der Waals surface area contributed by atoms with E-state index in [0.717, 1.165) is 18.2 Å². The van der Waals surface area contributed by atoms with Crippen molar-refractivity contribution < 1.29 is 37.0 Å². The smallest absolute Gasteiger partial charge is 0.416 e. The van der Waals surface area contributed by atoms with Gasteiger partial charge in [0, 0.05) is 0 Å². The number of para-hydroxylation sites is 2. The molecule has 28 heavy (non-hydrogen) atoms. The van der Waals surface area contributed by atoms with Crippen molar-refractivity contribution >= 4 is 17.6 Å². The minimum Gasteiger partial charge on any atom is -0.492 e. The summed E-state index contributed by atoms with van der Waals surface area (Å²) in [5.41, 5.74) is -0.476. The first-order valence-corrected chi connectivity index (χ1v) is 8.27. The minimum absolute atomic E-state index is 0.137. The fourth-order valence-electron chi connectivity index (χ4n) is 2.13. The van der Waals surface area contributed by atoms with Gasteiger partial charge in [-0.15, -0.1) is 0 Å². The molecule has 2 rings (SSSR count). The summed E-state index contributed by atoms with van der Waals surface area (Å²) in [6.07, 6.45) is -4.52. The Balaban J connectivity index is 1.81. The Labute approximate surface area is 159 Å². The number of rotatable bonds is 8.